The molecular weight excluding hydrogens is 316 g/mol. The zero-order valence-corrected chi connectivity index (χ0v) is 13.7. The molecule has 2 aromatic carbocycles. The zero-order chi connectivity index (χ0) is 17.4. The zero-order valence-electron chi connectivity index (χ0n) is 13.7. The molecule has 4 rings (SSSR count). The number of carbonyl (C=O) groups is 1. The van der Waals surface area contributed by atoms with Crippen LogP contribution in [0.3, 0.4) is 0 Å². The predicted molar refractivity (Wildman–Crippen MR) is 94.0 cm³/mol. The molecule has 0 saturated heterocycles. The Hall–Kier alpha value is -3.21. The Morgan fingerprint density at radius 3 is 2.36 bits per heavy atom. The lowest BCUT2D eigenvalue weighted by Gasteiger charge is -2.13. The van der Waals surface area contributed by atoms with Crippen LogP contribution in [-0.4, -0.2) is 22.1 Å². The molecule has 2 heterocycles. The summed E-state index contributed by atoms with van der Waals surface area (Å²) in [6.45, 7) is 1.72. The molecule has 0 unspecified atom stereocenters. The summed E-state index contributed by atoms with van der Waals surface area (Å²) < 4.78 is 6.85. The van der Waals surface area contributed by atoms with Gasteiger partial charge in [0.1, 0.15) is 6.61 Å². The van der Waals surface area contributed by atoms with E-state index >= 15 is 0 Å². The smallest absolute Gasteiger partial charge is 0.268 e. The van der Waals surface area contributed by atoms with Gasteiger partial charge in [-0.3, -0.25) is 9.59 Å². The summed E-state index contributed by atoms with van der Waals surface area (Å²) in [4.78, 5) is 29.8. The van der Waals surface area contributed by atoms with E-state index in [1.807, 2.05) is 60.7 Å². The molecule has 0 amide bonds. The lowest BCUT2D eigenvalue weighted by atomic mass is 9.95. The van der Waals surface area contributed by atoms with E-state index in [-0.39, 0.29) is 17.4 Å². The average molecular weight is 332 g/mol. The summed E-state index contributed by atoms with van der Waals surface area (Å²) in [7, 11) is 0. The van der Waals surface area contributed by atoms with E-state index in [0.29, 0.717) is 29.4 Å². The number of rotatable bonds is 2. The normalized spacial score (nSPS) is 15.5. The van der Waals surface area contributed by atoms with Crippen LogP contribution < -0.4 is 10.3 Å². The third kappa shape index (κ3) is 2.54. The predicted octanol–water partition coefficient (Wildman–Crippen LogP) is 3.09. The number of hydrogen-bond acceptors (Lipinski definition) is 4. The van der Waals surface area contributed by atoms with Gasteiger partial charge in [0.15, 0.2) is 5.82 Å². The molecule has 3 aromatic rings. The van der Waals surface area contributed by atoms with Crippen LogP contribution in [0.5, 0.6) is 5.88 Å². The lowest BCUT2D eigenvalue weighted by molar-refractivity contribution is 0.0933. The van der Waals surface area contributed by atoms with Crippen molar-refractivity contribution in [3.63, 3.8) is 0 Å². The number of carbonyl (C=O) groups excluding carboxylic acids is 1. The minimum absolute atomic E-state index is 0.216. The van der Waals surface area contributed by atoms with Gasteiger partial charge in [0, 0.05) is 12.5 Å². The van der Waals surface area contributed by atoms with Crippen LogP contribution in [0.1, 0.15) is 28.8 Å². The van der Waals surface area contributed by atoms with Crippen molar-refractivity contribution >= 4 is 5.91 Å². The summed E-state index contributed by atoms with van der Waals surface area (Å²) >= 11 is 0. The number of nitrogens with zero attached hydrogens (tertiary/aromatic N) is 2. The van der Waals surface area contributed by atoms with Crippen LogP contribution in [0.2, 0.25) is 0 Å². The third-order valence-corrected chi connectivity index (χ3v) is 4.37. The van der Waals surface area contributed by atoms with E-state index in [1.165, 1.54) is 6.92 Å². The molecule has 124 valence electrons. The van der Waals surface area contributed by atoms with Crippen LogP contribution >= 0.6 is 0 Å². The summed E-state index contributed by atoms with van der Waals surface area (Å²) in [5.74, 6) is 0.0465. The van der Waals surface area contributed by atoms with Crippen molar-refractivity contribution in [1.29, 1.82) is 0 Å². The maximum Gasteiger partial charge on any atom is 0.268 e. The number of fused-ring (bicyclic) bond motifs is 1. The molecule has 0 aliphatic carbocycles. The third-order valence-electron chi connectivity index (χ3n) is 4.37. The fourth-order valence-corrected chi connectivity index (χ4v) is 3.19. The monoisotopic (exact) mass is 332 g/mol. The molecule has 0 bridgehead atoms. The molecule has 1 aliphatic heterocycles. The van der Waals surface area contributed by atoms with E-state index in [1.54, 1.807) is 0 Å². The van der Waals surface area contributed by atoms with Gasteiger partial charge in [-0.1, -0.05) is 60.7 Å². The molecule has 0 radical (unpaired) electrons. The first-order chi connectivity index (χ1) is 12.2. The van der Waals surface area contributed by atoms with Crippen molar-refractivity contribution in [2.45, 2.75) is 12.8 Å². The first-order valence-corrected chi connectivity index (χ1v) is 8.08. The van der Waals surface area contributed by atoms with Gasteiger partial charge in [-0.05, 0) is 5.56 Å². The van der Waals surface area contributed by atoms with Gasteiger partial charge in [-0.25, -0.2) is 4.57 Å². The topological polar surface area (TPSA) is 61.2 Å². The first kappa shape index (κ1) is 15.3. The van der Waals surface area contributed by atoms with Gasteiger partial charge >= 0.3 is 0 Å². The molecule has 5 nitrogen and oxygen atoms in total. The van der Waals surface area contributed by atoms with Crippen LogP contribution in [-0.2, 0) is 0 Å². The highest BCUT2D eigenvalue weighted by Crippen LogP contribution is 2.35. The van der Waals surface area contributed by atoms with Crippen LogP contribution in [0.25, 0.3) is 11.4 Å². The van der Waals surface area contributed by atoms with Crippen molar-refractivity contribution < 1.29 is 9.53 Å². The minimum Gasteiger partial charge on any atom is -0.476 e. The van der Waals surface area contributed by atoms with Crippen LogP contribution in [0.15, 0.2) is 65.5 Å². The van der Waals surface area contributed by atoms with E-state index in [0.717, 1.165) is 10.1 Å². The Morgan fingerprint density at radius 1 is 1.08 bits per heavy atom. The van der Waals surface area contributed by atoms with Crippen molar-refractivity contribution in [2.75, 3.05) is 6.61 Å². The highest BCUT2D eigenvalue weighted by Gasteiger charge is 2.33. The van der Waals surface area contributed by atoms with Crippen molar-refractivity contribution in [3.05, 3.63) is 82.1 Å². The maximum atomic E-state index is 13.1. The molecule has 1 aliphatic rings. The second-order valence-electron chi connectivity index (χ2n) is 5.95. The second kappa shape index (κ2) is 6.02. The number of aromatic nitrogens is 2. The Labute approximate surface area is 144 Å². The minimum atomic E-state index is -0.363. The van der Waals surface area contributed by atoms with Crippen molar-refractivity contribution in [3.8, 4) is 17.3 Å². The lowest BCUT2D eigenvalue weighted by Crippen LogP contribution is -2.30. The summed E-state index contributed by atoms with van der Waals surface area (Å²) in [5.41, 5.74) is 1.76. The Balaban J connectivity index is 1.95. The van der Waals surface area contributed by atoms with Gasteiger partial charge in [0.25, 0.3) is 5.56 Å². The molecule has 5 heteroatoms. The highest BCUT2D eigenvalue weighted by molar-refractivity contribution is 5.81. The molecule has 0 saturated carbocycles. The molecule has 0 spiro atoms. The molecule has 25 heavy (non-hydrogen) atoms. The SMILES string of the molecule is CC(=O)n1c(-c2ccccc2)nc2c(c1=O)[C@H](c1ccccc1)CO2. The van der Waals surface area contributed by atoms with Gasteiger partial charge < -0.3 is 4.74 Å². The molecule has 0 N–H and O–H groups in total. The molecule has 0 fully saturated rings. The standard InChI is InChI=1S/C20H16N2O3/c1-13(23)22-18(15-10-6-3-7-11-15)21-19-17(20(22)24)16(12-25-19)14-8-4-2-5-9-14/h2-11,16H,12H2,1H3/t16-/m0/s1. The summed E-state index contributed by atoms with van der Waals surface area (Å²) in [5, 5.41) is 0. The quantitative estimate of drug-likeness (QED) is 0.723. The summed E-state index contributed by atoms with van der Waals surface area (Å²) in [6.07, 6.45) is 0. The van der Waals surface area contributed by atoms with E-state index in [4.69, 9.17) is 4.74 Å². The molecule has 1 aromatic heterocycles. The summed E-state index contributed by atoms with van der Waals surface area (Å²) in [6, 6.07) is 18.8. The average Bonchev–Trinajstić information content (AvgIpc) is 3.07. The van der Waals surface area contributed by atoms with Gasteiger partial charge in [0.05, 0.1) is 11.5 Å². The molecule has 1 atom stereocenters. The largest absolute Gasteiger partial charge is 0.476 e. The fraction of sp³-hybridized carbons (Fsp3) is 0.150. The second-order valence-corrected chi connectivity index (χ2v) is 5.95. The molecular formula is C20H16N2O3. The van der Waals surface area contributed by atoms with Crippen LogP contribution in [0.4, 0.5) is 0 Å². The highest BCUT2D eigenvalue weighted by atomic mass is 16.5. The maximum absolute atomic E-state index is 13.1. The van der Waals surface area contributed by atoms with Crippen LogP contribution in [0, 0.1) is 0 Å². The van der Waals surface area contributed by atoms with Gasteiger partial charge in [0.2, 0.25) is 11.8 Å². The Morgan fingerprint density at radius 2 is 1.72 bits per heavy atom. The number of benzene rings is 2. The van der Waals surface area contributed by atoms with Crippen molar-refractivity contribution in [1.82, 2.24) is 9.55 Å². The number of hydrogen-bond donors (Lipinski definition) is 0. The number of ether oxygens (including phenoxy) is 1. The van der Waals surface area contributed by atoms with E-state index in [2.05, 4.69) is 4.98 Å². The van der Waals surface area contributed by atoms with Crippen molar-refractivity contribution in [2.24, 2.45) is 0 Å². The fourth-order valence-electron chi connectivity index (χ4n) is 3.19. The Kier molecular flexibility index (Phi) is 3.69. The Bertz CT molecular complexity index is 995. The van der Waals surface area contributed by atoms with E-state index in [9.17, 15) is 9.59 Å². The van der Waals surface area contributed by atoms with Gasteiger partial charge in [-0.15, -0.1) is 0 Å². The first-order valence-electron chi connectivity index (χ1n) is 8.08. The van der Waals surface area contributed by atoms with E-state index < -0.39 is 0 Å². The van der Waals surface area contributed by atoms with Gasteiger partial charge in [-0.2, -0.15) is 4.98 Å².